The monoisotopic (exact) mass is 282 g/mol. The molecule has 0 spiro atoms. The maximum absolute atomic E-state index is 12.3. The van der Waals surface area contributed by atoms with Crippen molar-refractivity contribution in [3.63, 3.8) is 0 Å². The van der Waals surface area contributed by atoms with Gasteiger partial charge in [-0.3, -0.25) is 4.79 Å². The van der Waals surface area contributed by atoms with Crippen molar-refractivity contribution in [3.05, 3.63) is 65.7 Å². The maximum atomic E-state index is 12.3. The second kappa shape index (κ2) is 4.69. The normalized spacial score (nSPS) is 29.9. The number of carbonyl (C=O) groups excluding carboxylic acids is 1. The molecule has 0 bridgehead atoms. The van der Waals surface area contributed by atoms with E-state index in [9.17, 15) is 9.90 Å². The zero-order valence-electron chi connectivity index (χ0n) is 11.2. The number of ketones is 1. The maximum Gasteiger partial charge on any atom is 0.198 e. The molecule has 4 nitrogen and oxygen atoms in total. The summed E-state index contributed by atoms with van der Waals surface area (Å²) in [5.74, 6) is -0.187. The van der Waals surface area contributed by atoms with Gasteiger partial charge in [0.1, 0.15) is 30.2 Å². The van der Waals surface area contributed by atoms with Gasteiger partial charge in [0.25, 0.3) is 0 Å². The number of rotatable bonds is 4. The Balaban J connectivity index is 1.44. The number of hydrogen-bond donors (Lipinski definition) is 1. The number of hydrogen-bond acceptors (Lipinski definition) is 4. The van der Waals surface area contributed by atoms with E-state index in [-0.39, 0.29) is 29.8 Å². The lowest BCUT2D eigenvalue weighted by molar-refractivity contribution is 0.0951. The molecule has 2 aliphatic rings. The summed E-state index contributed by atoms with van der Waals surface area (Å²) >= 11 is 0. The van der Waals surface area contributed by atoms with Gasteiger partial charge in [-0.15, -0.1) is 0 Å². The standard InChI is InChI=1S/C17H14O4/c18-12-9-5-4-8-11(12)13(19)15-17(21-15)16-14(20-16)10-6-2-1-3-7-10/h1-9,14-18H/t14-,15+,16+,17-/m1/s1. The van der Waals surface area contributed by atoms with E-state index in [0.717, 1.165) is 5.56 Å². The fourth-order valence-corrected chi connectivity index (χ4v) is 2.70. The molecule has 0 unspecified atom stereocenters. The zero-order chi connectivity index (χ0) is 14.4. The van der Waals surface area contributed by atoms with Crippen molar-refractivity contribution in [1.29, 1.82) is 0 Å². The van der Waals surface area contributed by atoms with E-state index in [4.69, 9.17) is 9.47 Å². The number of aromatic hydroxyl groups is 1. The van der Waals surface area contributed by atoms with Crippen LogP contribution in [0, 0.1) is 0 Å². The van der Waals surface area contributed by atoms with Gasteiger partial charge in [0.2, 0.25) is 0 Å². The van der Waals surface area contributed by atoms with E-state index in [1.54, 1.807) is 18.2 Å². The molecule has 0 amide bonds. The molecular formula is C17H14O4. The van der Waals surface area contributed by atoms with Gasteiger partial charge in [-0.2, -0.15) is 0 Å². The summed E-state index contributed by atoms with van der Waals surface area (Å²) in [6.45, 7) is 0. The Morgan fingerprint density at radius 2 is 1.62 bits per heavy atom. The fraction of sp³-hybridized carbons (Fsp3) is 0.235. The van der Waals surface area contributed by atoms with E-state index in [1.807, 2.05) is 30.3 Å². The fourth-order valence-electron chi connectivity index (χ4n) is 2.70. The van der Waals surface area contributed by atoms with Gasteiger partial charge in [-0.1, -0.05) is 42.5 Å². The molecule has 4 rings (SSSR count). The lowest BCUT2D eigenvalue weighted by Gasteiger charge is -1.99. The van der Waals surface area contributed by atoms with Crippen molar-refractivity contribution < 1.29 is 19.4 Å². The Morgan fingerprint density at radius 3 is 2.38 bits per heavy atom. The molecule has 2 aromatic rings. The highest BCUT2D eigenvalue weighted by atomic mass is 16.7. The number of phenolic OH excluding ortho intramolecular Hbond substituents is 1. The first-order valence-electron chi connectivity index (χ1n) is 6.94. The third kappa shape index (κ3) is 2.22. The summed E-state index contributed by atoms with van der Waals surface area (Å²) in [7, 11) is 0. The van der Waals surface area contributed by atoms with Gasteiger partial charge in [-0.25, -0.2) is 0 Å². The minimum atomic E-state index is -0.503. The summed E-state index contributed by atoms with van der Waals surface area (Å²) in [6, 6.07) is 16.4. The van der Waals surface area contributed by atoms with Crippen molar-refractivity contribution in [2.75, 3.05) is 0 Å². The Hall–Kier alpha value is -2.17. The first-order valence-corrected chi connectivity index (χ1v) is 6.94. The van der Waals surface area contributed by atoms with Gasteiger partial charge in [0.05, 0.1) is 5.56 Å². The van der Waals surface area contributed by atoms with Crippen molar-refractivity contribution in [2.24, 2.45) is 0 Å². The van der Waals surface area contributed by atoms with Gasteiger partial charge >= 0.3 is 0 Å². The predicted octanol–water partition coefficient (Wildman–Crippen LogP) is 2.48. The smallest absolute Gasteiger partial charge is 0.198 e. The average molecular weight is 282 g/mol. The van der Waals surface area contributed by atoms with E-state index < -0.39 is 6.10 Å². The van der Waals surface area contributed by atoms with Crippen LogP contribution >= 0.6 is 0 Å². The van der Waals surface area contributed by atoms with Crippen molar-refractivity contribution in [1.82, 2.24) is 0 Å². The summed E-state index contributed by atoms with van der Waals surface area (Å²) in [5.41, 5.74) is 1.41. The van der Waals surface area contributed by atoms with Crippen molar-refractivity contribution in [2.45, 2.75) is 24.4 Å². The molecule has 4 atom stereocenters. The Labute approximate surface area is 121 Å². The number of epoxide rings is 2. The first-order chi connectivity index (χ1) is 10.3. The highest BCUT2D eigenvalue weighted by Crippen LogP contribution is 2.48. The van der Waals surface area contributed by atoms with Crippen LogP contribution in [0.2, 0.25) is 0 Å². The zero-order valence-corrected chi connectivity index (χ0v) is 11.2. The average Bonchev–Trinajstić information content (AvgIpc) is 3.39. The molecule has 2 heterocycles. The van der Waals surface area contributed by atoms with Crippen LogP contribution in [0.15, 0.2) is 54.6 Å². The number of phenols is 1. The topological polar surface area (TPSA) is 62.4 Å². The van der Waals surface area contributed by atoms with Crippen molar-refractivity contribution in [3.8, 4) is 5.75 Å². The molecule has 2 aromatic carbocycles. The molecule has 0 aliphatic carbocycles. The minimum Gasteiger partial charge on any atom is -0.507 e. The Kier molecular flexibility index (Phi) is 2.80. The number of Topliss-reactive ketones (excluding diaryl/α,β-unsaturated/α-hetero) is 1. The summed E-state index contributed by atoms with van der Waals surface area (Å²) in [6.07, 6.45) is -0.759. The molecule has 0 aromatic heterocycles. The number of para-hydroxylation sites is 1. The van der Waals surface area contributed by atoms with Gasteiger partial charge < -0.3 is 14.6 Å². The van der Waals surface area contributed by atoms with Crippen LogP contribution in [0.5, 0.6) is 5.75 Å². The van der Waals surface area contributed by atoms with Gasteiger partial charge in [0, 0.05) is 0 Å². The van der Waals surface area contributed by atoms with Crippen LogP contribution in [-0.4, -0.2) is 29.2 Å². The second-order valence-electron chi connectivity index (χ2n) is 5.33. The van der Waals surface area contributed by atoms with Crippen LogP contribution in [0.25, 0.3) is 0 Å². The van der Waals surface area contributed by atoms with Crippen molar-refractivity contribution >= 4 is 5.78 Å². The van der Waals surface area contributed by atoms with Gasteiger partial charge in [0.15, 0.2) is 5.78 Å². The molecule has 4 heteroatoms. The SMILES string of the molecule is O=C(c1ccccc1O)[C@@H]1O[C@H]1[C@H]1O[C@@H]1c1ccccc1. The summed E-state index contributed by atoms with van der Waals surface area (Å²) < 4.78 is 11.1. The molecular weight excluding hydrogens is 268 g/mol. The van der Waals surface area contributed by atoms with E-state index in [1.165, 1.54) is 6.07 Å². The third-order valence-corrected chi connectivity index (χ3v) is 3.93. The lowest BCUT2D eigenvalue weighted by atomic mass is 10.0. The molecule has 21 heavy (non-hydrogen) atoms. The lowest BCUT2D eigenvalue weighted by Crippen LogP contribution is -2.13. The van der Waals surface area contributed by atoms with Crippen LogP contribution in [0.1, 0.15) is 22.0 Å². The Morgan fingerprint density at radius 1 is 0.905 bits per heavy atom. The largest absolute Gasteiger partial charge is 0.507 e. The minimum absolute atomic E-state index is 0.00641. The molecule has 2 saturated heterocycles. The molecule has 2 aliphatic heterocycles. The third-order valence-electron chi connectivity index (χ3n) is 3.93. The number of ether oxygens (including phenoxy) is 2. The summed E-state index contributed by atoms with van der Waals surface area (Å²) in [5, 5.41) is 9.72. The number of carbonyl (C=O) groups is 1. The molecule has 0 radical (unpaired) electrons. The highest BCUT2D eigenvalue weighted by molar-refractivity contribution is 6.03. The van der Waals surface area contributed by atoms with Crippen LogP contribution in [0.4, 0.5) is 0 Å². The van der Waals surface area contributed by atoms with E-state index in [2.05, 4.69) is 0 Å². The first kappa shape index (κ1) is 12.6. The second-order valence-corrected chi connectivity index (χ2v) is 5.33. The molecule has 106 valence electrons. The predicted molar refractivity (Wildman–Crippen MR) is 75.2 cm³/mol. The Bertz CT molecular complexity index is 682. The number of benzene rings is 2. The van der Waals surface area contributed by atoms with Crippen LogP contribution in [-0.2, 0) is 9.47 Å². The molecule has 1 N–H and O–H groups in total. The quantitative estimate of drug-likeness (QED) is 0.691. The summed E-state index contributed by atoms with van der Waals surface area (Å²) in [4.78, 5) is 12.3. The molecule has 0 saturated carbocycles. The van der Waals surface area contributed by atoms with E-state index in [0.29, 0.717) is 5.56 Å². The van der Waals surface area contributed by atoms with Gasteiger partial charge in [-0.05, 0) is 17.7 Å². The molecule has 2 fully saturated rings. The van der Waals surface area contributed by atoms with Crippen LogP contribution in [0.3, 0.4) is 0 Å². The highest BCUT2D eigenvalue weighted by Gasteiger charge is 2.60. The van der Waals surface area contributed by atoms with E-state index >= 15 is 0 Å². The van der Waals surface area contributed by atoms with Crippen LogP contribution < -0.4 is 0 Å².